The predicted octanol–water partition coefficient (Wildman–Crippen LogP) is 2.45. The fraction of sp³-hybridized carbons (Fsp3) is 0.667. The number of hydrogen-bond acceptors (Lipinski definition) is 1. The molecule has 0 aromatic rings. The molecule has 0 amide bonds. The molecule has 1 atom stereocenters. The average molecular weight is 203 g/mol. The Morgan fingerprint density at radius 1 is 1.50 bits per heavy atom. The van der Waals surface area contributed by atoms with Crippen LogP contribution in [0.1, 0.15) is 13.3 Å². The molecule has 0 aliphatic heterocycles. The Bertz CT molecular complexity index is 219. The summed E-state index contributed by atoms with van der Waals surface area (Å²) in [4.78, 5) is 11.1. The lowest BCUT2D eigenvalue weighted by Gasteiger charge is -2.03. The largest absolute Gasteiger partial charge is 0.283 e. The molecule has 1 nitrogen and oxygen atoms in total. The van der Waals surface area contributed by atoms with Gasteiger partial charge in [0.1, 0.15) is 13.5 Å². The molecule has 0 heterocycles. The van der Waals surface area contributed by atoms with E-state index >= 15 is 0 Å². The van der Waals surface area contributed by atoms with Gasteiger partial charge in [-0.3, -0.25) is 4.79 Å². The zero-order chi connectivity index (χ0) is 9.78. The molecule has 0 bridgehead atoms. The third-order valence-corrected chi connectivity index (χ3v) is 2.59. The minimum absolute atomic E-state index is 0.137. The number of alkyl halides is 1. The third kappa shape index (κ3) is 5.40. The van der Waals surface area contributed by atoms with Crippen molar-refractivity contribution in [1.82, 2.24) is 0 Å². The molecule has 0 aromatic carbocycles. The maximum absolute atomic E-state index is 11.1. The van der Waals surface area contributed by atoms with Crippen LogP contribution in [0.4, 0.5) is 0 Å². The lowest BCUT2D eigenvalue weighted by molar-refractivity contribution is -0.113. The highest BCUT2D eigenvalue weighted by molar-refractivity contribution is 6.84. The van der Waals surface area contributed by atoms with Crippen LogP contribution in [0.15, 0.2) is 0 Å². The second-order valence-corrected chi connectivity index (χ2v) is 9.02. The first-order valence-electron chi connectivity index (χ1n) is 4.08. The van der Waals surface area contributed by atoms with Crippen molar-refractivity contribution >= 4 is 25.5 Å². The Morgan fingerprint density at radius 3 is 2.33 bits per heavy atom. The summed E-state index contributed by atoms with van der Waals surface area (Å²) in [6, 6.07) is 0. The van der Waals surface area contributed by atoms with Crippen molar-refractivity contribution in [2.75, 3.05) is 0 Å². The summed E-state index contributed by atoms with van der Waals surface area (Å²) in [6.45, 7) is 8.18. The van der Waals surface area contributed by atoms with E-state index in [1.165, 1.54) is 0 Å². The van der Waals surface area contributed by atoms with Gasteiger partial charge >= 0.3 is 0 Å². The van der Waals surface area contributed by atoms with E-state index in [0.29, 0.717) is 6.42 Å². The van der Waals surface area contributed by atoms with Gasteiger partial charge in [-0.05, 0) is 12.3 Å². The summed E-state index contributed by atoms with van der Waals surface area (Å²) in [5, 5.41) is -0.422. The number of carbonyl (C=O) groups excluding carboxylic acids is 1. The average Bonchev–Trinajstić information content (AvgIpc) is 1.97. The molecule has 3 heteroatoms. The van der Waals surface area contributed by atoms with E-state index in [-0.39, 0.29) is 5.78 Å². The van der Waals surface area contributed by atoms with E-state index in [1.807, 2.05) is 6.92 Å². The van der Waals surface area contributed by atoms with Gasteiger partial charge in [0, 0.05) is 0 Å². The Hall–Kier alpha value is -0.263. The molecule has 68 valence electrons. The van der Waals surface area contributed by atoms with Gasteiger partial charge < -0.3 is 0 Å². The fourth-order valence-corrected chi connectivity index (χ4v) is 1.07. The smallest absolute Gasteiger partial charge is 0.222 e. The quantitative estimate of drug-likeness (QED) is 0.382. The fourth-order valence-electron chi connectivity index (χ4n) is 0.513. The highest BCUT2D eigenvalue weighted by Crippen LogP contribution is 2.02. The van der Waals surface area contributed by atoms with Crippen LogP contribution < -0.4 is 0 Å². The second kappa shape index (κ2) is 4.69. The molecule has 0 spiro atoms. The summed E-state index contributed by atoms with van der Waals surface area (Å²) in [7, 11) is -1.42. The molecule has 0 saturated carbocycles. The van der Waals surface area contributed by atoms with Crippen molar-refractivity contribution in [3.8, 4) is 11.5 Å². The van der Waals surface area contributed by atoms with Crippen molar-refractivity contribution in [3.05, 3.63) is 0 Å². The highest BCUT2D eigenvalue weighted by Gasteiger charge is 2.12. The zero-order valence-electron chi connectivity index (χ0n) is 8.07. The van der Waals surface area contributed by atoms with Crippen molar-refractivity contribution in [1.29, 1.82) is 0 Å². The van der Waals surface area contributed by atoms with Crippen LogP contribution in [0.25, 0.3) is 0 Å². The standard InChI is InChI=1S/C9H15ClOSi/c1-5-8(10)9(11)6-7-12(2,3)4/h8H,5H2,1-4H3. The van der Waals surface area contributed by atoms with E-state index in [1.54, 1.807) is 0 Å². The van der Waals surface area contributed by atoms with E-state index in [2.05, 4.69) is 31.1 Å². The minimum atomic E-state index is -1.42. The Balaban J connectivity index is 4.23. The normalized spacial score (nSPS) is 13.1. The minimum Gasteiger partial charge on any atom is -0.283 e. The topological polar surface area (TPSA) is 17.1 Å². The van der Waals surface area contributed by atoms with Crippen LogP contribution in [0.5, 0.6) is 0 Å². The lowest BCUT2D eigenvalue weighted by Crippen LogP contribution is -2.18. The van der Waals surface area contributed by atoms with Crippen LogP contribution in [0.2, 0.25) is 19.6 Å². The van der Waals surface area contributed by atoms with E-state index in [0.717, 1.165) is 0 Å². The van der Waals surface area contributed by atoms with Gasteiger partial charge in [0.05, 0.1) is 0 Å². The first-order chi connectivity index (χ1) is 5.37. The zero-order valence-corrected chi connectivity index (χ0v) is 9.83. The van der Waals surface area contributed by atoms with Crippen LogP contribution in [-0.2, 0) is 4.79 Å². The van der Waals surface area contributed by atoms with Crippen LogP contribution in [0.3, 0.4) is 0 Å². The van der Waals surface area contributed by atoms with Crippen LogP contribution in [0, 0.1) is 11.5 Å². The van der Waals surface area contributed by atoms with Gasteiger partial charge in [-0.25, -0.2) is 0 Å². The molecule has 0 saturated heterocycles. The molecule has 1 unspecified atom stereocenters. The molecular weight excluding hydrogens is 188 g/mol. The van der Waals surface area contributed by atoms with Gasteiger partial charge in [0.15, 0.2) is 0 Å². The molecule has 0 radical (unpaired) electrons. The third-order valence-electron chi connectivity index (χ3n) is 1.20. The van der Waals surface area contributed by atoms with Gasteiger partial charge in [-0.15, -0.1) is 17.1 Å². The summed E-state index contributed by atoms with van der Waals surface area (Å²) >= 11 is 5.71. The van der Waals surface area contributed by atoms with Gasteiger partial charge in [0.25, 0.3) is 0 Å². The molecule has 0 aliphatic rings. The number of carbonyl (C=O) groups is 1. The molecule has 0 rings (SSSR count). The molecule has 12 heavy (non-hydrogen) atoms. The number of rotatable bonds is 2. The van der Waals surface area contributed by atoms with Gasteiger partial charge in [0.2, 0.25) is 5.78 Å². The van der Waals surface area contributed by atoms with Crippen molar-refractivity contribution in [2.24, 2.45) is 0 Å². The van der Waals surface area contributed by atoms with Crippen LogP contribution in [-0.4, -0.2) is 19.2 Å². The Labute approximate surface area is 80.5 Å². The van der Waals surface area contributed by atoms with Crippen molar-refractivity contribution in [3.63, 3.8) is 0 Å². The van der Waals surface area contributed by atoms with E-state index < -0.39 is 13.5 Å². The summed E-state index contributed by atoms with van der Waals surface area (Å²) in [5.41, 5.74) is 2.99. The highest BCUT2D eigenvalue weighted by atomic mass is 35.5. The molecule has 0 N–H and O–H groups in total. The lowest BCUT2D eigenvalue weighted by atomic mass is 10.2. The second-order valence-electron chi connectivity index (χ2n) is 3.74. The van der Waals surface area contributed by atoms with E-state index in [9.17, 15) is 4.79 Å². The first kappa shape index (κ1) is 11.7. The molecular formula is C9H15ClOSi. The SMILES string of the molecule is CCC(Cl)C(=O)C#C[Si](C)(C)C. The summed E-state index contributed by atoms with van der Waals surface area (Å²) in [5.74, 6) is 2.48. The number of ketones is 1. The molecule has 0 aliphatic carbocycles. The Morgan fingerprint density at radius 2 is 2.00 bits per heavy atom. The number of halogens is 1. The molecule has 0 aromatic heterocycles. The first-order valence-corrected chi connectivity index (χ1v) is 8.01. The maximum Gasteiger partial charge on any atom is 0.222 e. The monoisotopic (exact) mass is 202 g/mol. The number of Topliss-reactive ketones (excluding diaryl/α,β-unsaturated/α-hetero) is 1. The van der Waals surface area contributed by atoms with Crippen molar-refractivity contribution in [2.45, 2.75) is 38.4 Å². The predicted molar refractivity (Wildman–Crippen MR) is 56.1 cm³/mol. The summed E-state index contributed by atoms with van der Waals surface area (Å²) in [6.07, 6.45) is 0.654. The van der Waals surface area contributed by atoms with Gasteiger partial charge in [-0.2, -0.15) is 0 Å². The van der Waals surface area contributed by atoms with E-state index in [4.69, 9.17) is 11.6 Å². The van der Waals surface area contributed by atoms with Crippen LogP contribution >= 0.6 is 11.6 Å². The van der Waals surface area contributed by atoms with Gasteiger partial charge in [-0.1, -0.05) is 26.6 Å². The molecule has 0 fully saturated rings. The number of hydrogen-bond donors (Lipinski definition) is 0. The maximum atomic E-state index is 11.1. The summed E-state index contributed by atoms with van der Waals surface area (Å²) < 4.78 is 0. The Kier molecular flexibility index (Phi) is 4.58. The van der Waals surface area contributed by atoms with Crippen molar-refractivity contribution < 1.29 is 4.79 Å².